The van der Waals surface area contributed by atoms with Crippen molar-refractivity contribution in [2.24, 2.45) is 0 Å². The van der Waals surface area contributed by atoms with E-state index in [1.54, 1.807) is 6.07 Å². The van der Waals surface area contributed by atoms with Crippen molar-refractivity contribution < 1.29 is 19.2 Å². The van der Waals surface area contributed by atoms with Crippen molar-refractivity contribution in [2.75, 3.05) is 0 Å². The number of carbonyl (C=O) groups excluding carboxylic acids is 4. The van der Waals surface area contributed by atoms with Crippen LogP contribution in [0.15, 0.2) is 60.7 Å². The molecule has 0 bridgehead atoms. The number of carbonyl (C=O) groups is 4. The van der Waals surface area contributed by atoms with Crippen molar-refractivity contribution in [3.05, 3.63) is 82.9 Å². The Balaban J connectivity index is 2.21. The van der Waals surface area contributed by atoms with Crippen LogP contribution in [0.4, 0.5) is 0 Å². The van der Waals surface area contributed by atoms with Crippen LogP contribution in [-0.2, 0) is 0 Å². The molecular formula is C26H14O4. The Morgan fingerprint density at radius 3 is 1.80 bits per heavy atom. The van der Waals surface area contributed by atoms with Crippen LogP contribution in [0.3, 0.4) is 0 Å². The molecule has 5 rings (SSSR count). The molecule has 5 aromatic rings. The molecule has 0 radical (unpaired) electrons. The minimum absolute atomic E-state index is 0.125. The van der Waals surface area contributed by atoms with Gasteiger partial charge >= 0.3 is 0 Å². The number of aldehydes is 4. The van der Waals surface area contributed by atoms with Crippen molar-refractivity contribution in [1.29, 1.82) is 0 Å². The van der Waals surface area contributed by atoms with E-state index in [4.69, 9.17) is 0 Å². The van der Waals surface area contributed by atoms with Gasteiger partial charge in [-0.15, -0.1) is 0 Å². The van der Waals surface area contributed by atoms with E-state index in [1.165, 1.54) is 0 Å². The molecule has 0 amide bonds. The maximum absolute atomic E-state index is 12.2. The Kier molecular flexibility index (Phi) is 4.00. The largest absolute Gasteiger partial charge is 0.298 e. The Hall–Kier alpha value is -4.18. The van der Waals surface area contributed by atoms with Gasteiger partial charge in [0.2, 0.25) is 0 Å². The average Bonchev–Trinajstić information content (AvgIpc) is 2.81. The van der Waals surface area contributed by atoms with Crippen LogP contribution in [0.1, 0.15) is 41.4 Å². The van der Waals surface area contributed by atoms with Gasteiger partial charge in [0, 0.05) is 33.2 Å². The maximum atomic E-state index is 12.2. The second-order valence-electron chi connectivity index (χ2n) is 7.13. The topological polar surface area (TPSA) is 68.3 Å². The van der Waals surface area contributed by atoms with Crippen LogP contribution < -0.4 is 0 Å². The smallest absolute Gasteiger partial charge is 0.151 e. The summed E-state index contributed by atoms with van der Waals surface area (Å²) in [5, 5.41) is 4.16. The Morgan fingerprint density at radius 1 is 0.467 bits per heavy atom. The fourth-order valence-electron chi connectivity index (χ4n) is 4.59. The lowest BCUT2D eigenvalue weighted by Gasteiger charge is -2.20. The second-order valence-corrected chi connectivity index (χ2v) is 7.13. The standard InChI is InChI=1S/C26H14O4/c27-11-19-17-8-4-7-16-9-10-18-23(15-5-2-1-3-6-15)21(13-29)22(14-30)25(20(19)12-28)26(18)24(16)17/h1-14H. The molecule has 0 saturated carbocycles. The summed E-state index contributed by atoms with van der Waals surface area (Å²) >= 11 is 0. The third-order valence-electron chi connectivity index (χ3n) is 5.78. The number of benzene rings is 5. The molecule has 4 nitrogen and oxygen atoms in total. The van der Waals surface area contributed by atoms with Crippen molar-refractivity contribution >= 4 is 57.5 Å². The first-order valence-electron chi connectivity index (χ1n) is 9.41. The van der Waals surface area contributed by atoms with Crippen molar-refractivity contribution in [3.8, 4) is 11.1 Å². The van der Waals surface area contributed by atoms with Gasteiger partial charge in [0.15, 0.2) is 25.1 Å². The van der Waals surface area contributed by atoms with Gasteiger partial charge in [0.25, 0.3) is 0 Å². The lowest BCUT2D eigenvalue weighted by atomic mass is 9.81. The summed E-state index contributed by atoms with van der Waals surface area (Å²) < 4.78 is 0. The fourth-order valence-corrected chi connectivity index (χ4v) is 4.59. The normalized spacial score (nSPS) is 11.2. The molecule has 0 fully saturated rings. The number of rotatable bonds is 5. The van der Waals surface area contributed by atoms with E-state index in [1.807, 2.05) is 54.6 Å². The van der Waals surface area contributed by atoms with Gasteiger partial charge in [-0.1, -0.05) is 60.7 Å². The zero-order valence-electron chi connectivity index (χ0n) is 15.7. The van der Waals surface area contributed by atoms with Crippen LogP contribution >= 0.6 is 0 Å². The van der Waals surface area contributed by atoms with Crippen molar-refractivity contribution in [1.82, 2.24) is 0 Å². The molecule has 0 aromatic heterocycles. The maximum Gasteiger partial charge on any atom is 0.151 e. The molecule has 142 valence electrons. The molecule has 0 spiro atoms. The lowest BCUT2D eigenvalue weighted by molar-refractivity contribution is 0.109. The van der Waals surface area contributed by atoms with Crippen LogP contribution in [0.2, 0.25) is 0 Å². The highest BCUT2D eigenvalue weighted by Crippen LogP contribution is 2.45. The molecule has 0 N–H and O–H groups in total. The highest BCUT2D eigenvalue weighted by atomic mass is 16.1. The van der Waals surface area contributed by atoms with E-state index in [0.29, 0.717) is 46.9 Å². The van der Waals surface area contributed by atoms with E-state index in [9.17, 15) is 19.2 Å². The molecule has 0 heterocycles. The quantitative estimate of drug-likeness (QED) is 0.293. The monoisotopic (exact) mass is 390 g/mol. The fraction of sp³-hybridized carbons (Fsp3) is 0. The minimum atomic E-state index is 0.125. The zero-order chi connectivity index (χ0) is 20.8. The lowest BCUT2D eigenvalue weighted by Crippen LogP contribution is -2.05. The summed E-state index contributed by atoms with van der Waals surface area (Å²) in [4.78, 5) is 48.5. The molecule has 4 heteroatoms. The third kappa shape index (κ3) is 2.22. The van der Waals surface area contributed by atoms with Gasteiger partial charge in [-0.3, -0.25) is 19.2 Å². The van der Waals surface area contributed by atoms with Crippen LogP contribution in [0, 0.1) is 0 Å². The molecule has 5 aromatic carbocycles. The van der Waals surface area contributed by atoms with Crippen LogP contribution in [0.25, 0.3) is 43.4 Å². The highest BCUT2D eigenvalue weighted by Gasteiger charge is 2.25. The van der Waals surface area contributed by atoms with Gasteiger partial charge in [-0.25, -0.2) is 0 Å². The second kappa shape index (κ2) is 6.71. The minimum Gasteiger partial charge on any atom is -0.298 e. The van der Waals surface area contributed by atoms with E-state index in [0.717, 1.165) is 21.7 Å². The average molecular weight is 390 g/mol. The van der Waals surface area contributed by atoms with E-state index in [2.05, 4.69) is 0 Å². The molecule has 0 aliphatic heterocycles. The summed E-state index contributed by atoms with van der Waals surface area (Å²) in [5.74, 6) is 0. The molecule has 30 heavy (non-hydrogen) atoms. The van der Waals surface area contributed by atoms with E-state index in [-0.39, 0.29) is 22.3 Å². The van der Waals surface area contributed by atoms with Gasteiger partial charge in [-0.05, 0) is 32.5 Å². The molecule has 0 saturated heterocycles. The van der Waals surface area contributed by atoms with Gasteiger partial charge < -0.3 is 0 Å². The SMILES string of the molecule is O=Cc1c(-c2ccccc2)c2ccc3cccc4c(C=O)c(C=O)c(c1C=O)c2c34. The Bertz CT molecular complexity index is 1500. The summed E-state index contributed by atoms with van der Waals surface area (Å²) in [6.45, 7) is 0. The summed E-state index contributed by atoms with van der Waals surface area (Å²) in [6, 6.07) is 18.8. The summed E-state index contributed by atoms with van der Waals surface area (Å²) in [7, 11) is 0. The molecule has 0 atom stereocenters. The molecule has 0 aliphatic carbocycles. The van der Waals surface area contributed by atoms with Gasteiger partial charge in [0.1, 0.15) is 0 Å². The van der Waals surface area contributed by atoms with Crippen molar-refractivity contribution in [2.45, 2.75) is 0 Å². The highest BCUT2D eigenvalue weighted by molar-refractivity contribution is 6.35. The third-order valence-corrected chi connectivity index (χ3v) is 5.78. The zero-order valence-corrected chi connectivity index (χ0v) is 15.7. The van der Waals surface area contributed by atoms with Crippen molar-refractivity contribution in [3.63, 3.8) is 0 Å². The number of hydrogen-bond acceptors (Lipinski definition) is 4. The summed E-state index contributed by atoms with van der Waals surface area (Å²) in [6.07, 6.45) is 2.48. The van der Waals surface area contributed by atoms with E-state index >= 15 is 0 Å². The van der Waals surface area contributed by atoms with Crippen LogP contribution in [-0.4, -0.2) is 25.1 Å². The van der Waals surface area contributed by atoms with Gasteiger partial charge in [-0.2, -0.15) is 0 Å². The predicted molar refractivity (Wildman–Crippen MR) is 117 cm³/mol. The predicted octanol–water partition coefficient (Wildman–Crippen LogP) is 5.50. The Labute approximate surface area is 171 Å². The first-order valence-corrected chi connectivity index (χ1v) is 9.41. The molecular weight excluding hydrogens is 376 g/mol. The number of hydrogen-bond donors (Lipinski definition) is 0. The van der Waals surface area contributed by atoms with Gasteiger partial charge in [0.05, 0.1) is 0 Å². The molecule has 0 aliphatic rings. The molecule has 0 unspecified atom stereocenters. The van der Waals surface area contributed by atoms with Crippen LogP contribution in [0.5, 0.6) is 0 Å². The first-order chi connectivity index (χ1) is 14.7. The van der Waals surface area contributed by atoms with E-state index < -0.39 is 0 Å². The first kappa shape index (κ1) is 17.9. The summed E-state index contributed by atoms with van der Waals surface area (Å²) in [5.41, 5.74) is 2.13. The Morgan fingerprint density at radius 2 is 1.13 bits per heavy atom.